The van der Waals surface area contributed by atoms with E-state index in [9.17, 15) is 9.59 Å². The fraction of sp³-hybridized carbons (Fsp3) is 0.385. The molecular weight excluding hydrogens is 254 g/mol. The lowest BCUT2D eigenvalue weighted by Crippen LogP contribution is -2.26. The van der Waals surface area contributed by atoms with Crippen LogP contribution in [0.2, 0.25) is 0 Å². The molecule has 0 aromatic heterocycles. The van der Waals surface area contributed by atoms with Crippen LogP contribution in [0.25, 0.3) is 0 Å². The third kappa shape index (κ3) is 4.04. The van der Waals surface area contributed by atoms with E-state index in [2.05, 4.69) is 4.74 Å². The molecule has 0 aliphatic carbocycles. The van der Waals surface area contributed by atoms with E-state index in [4.69, 9.17) is 11.6 Å². The minimum absolute atomic E-state index is 0.00189. The second kappa shape index (κ2) is 7.01. The van der Waals surface area contributed by atoms with Gasteiger partial charge in [0, 0.05) is 25.9 Å². The average molecular weight is 270 g/mol. The summed E-state index contributed by atoms with van der Waals surface area (Å²) in [6.45, 7) is 0.497. The molecule has 0 bridgehead atoms. The first-order valence-corrected chi connectivity index (χ1v) is 6.09. The zero-order valence-corrected chi connectivity index (χ0v) is 11.2. The van der Waals surface area contributed by atoms with Gasteiger partial charge in [0.25, 0.3) is 0 Å². The number of halogens is 1. The van der Waals surface area contributed by atoms with Crippen LogP contribution in [0.15, 0.2) is 24.3 Å². The summed E-state index contributed by atoms with van der Waals surface area (Å²) in [4.78, 5) is 24.4. The predicted molar refractivity (Wildman–Crippen MR) is 69.6 cm³/mol. The minimum Gasteiger partial charge on any atom is -0.465 e. The standard InChI is InChI=1S/C13H16ClNO3/c1-15(12(16)7-8-14)9-10-3-5-11(6-4-10)13(17)18-2/h3-6H,7-9H2,1-2H3. The highest BCUT2D eigenvalue weighted by molar-refractivity contribution is 6.18. The molecule has 1 rings (SSSR count). The first-order chi connectivity index (χ1) is 8.58. The van der Waals surface area contributed by atoms with Crippen molar-refractivity contribution in [1.82, 2.24) is 4.90 Å². The molecule has 0 saturated heterocycles. The van der Waals surface area contributed by atoms with E-state index >= 15 is 0 Å². The zero-order valence-electron chi connectivity index (χ0n) is 10.5. The van der Waals surface area contributed by atoms with Crippen LogP contribution in [0.5, 0.6) is 0 Å². The van der Waals surface area contributed by atoms with Crippen LogP contribution in [0.3, 0.4) is 0 Å². The number of ether oxygens (including phenoxy) is 1. The van der Waals surface area contributed by atoms with Gasteiger partial charge in [0.1, 0.15) is 0 Å². The normalized spacial score (nSPS) is 9.94. The number of carbonyl (C=O) groups is 2. The number of esters is 1. The van der Waals surface area contributed by atoms with Gasteiger partial charge in [-0.25, -0.2) is 4.79 Å². The number of amides is 1. The molecule has 0 radical (unpaired) electrons. The van der Waals surface area contributed by atoms with Crippen molar-refractivity contribution < 1.29 is 14.3 Å². The summed E-state index contributed by atoms with van der Waals surface area (Å²) >= 11 is 5.52. The molecule has 0 heterocycles. The fourth-order valence-electron chi connectivity index (χ4n) is 1.50. The first kappa shape index (κ1) is 14.5. The molecule has 0 N–H and O–H groups in total. The maximum Gasteiger partial charge on any atom is 0.337 e. The van der Waals surface area contributed by atoms with Crippen molar-refractivity contribution in [3.05, 3.63) is 35.4 Å². The van der Waals surface area contributed by atoms with Crippen LogP contribution >= 0.6 is 11.6 Å². The summed E-state index contributed by atoms with van der Waals surface area (Å²) in [7, 11) is 3.07. The number of benzene rings is 1. The summed E-state index contributed by atoms with van der Waals surface area (Å²) in [6, 6.07) is 6.97. The van der Waals surface area contributed by atoms with Gasteiger partial charge in [-0.2, -0.15) is 0 Å². The maximum absolute atomic E-state index is 11.5. The number of methoxy groups -OCH3 is 1. The monoisotopic (exact) mass is 269 g/mol. The van der Waals surface area contributed by atoms with Gasteiger partial charge >= 0.3 is 5.97 Å². The van der Waals surface area contributed by atoms with Crippen LogP contribution in [-0.4, -0.2) is 36.8 Å². The molecule has 4 nitrogen and oxygen atoms in total. The molecule has 1 amide bonds. The lowest BCUT2D eigenvalue weighted by molar-refractivity contribution is -0.129. The van der Waals surface area contributed by atoms with E-state index in [-0.39, 0.29) is 11.9 Å². The summed E-state index contributed by atoms with van der Waals surface area (Å²) < 4.78 is 4.61. The van der Waals surface area contributed by atoms with E-state index < -0.39 is 0 Å². The molecule has 0 fully saturated rings. The van der Waals surface area contributed by atoms with E-state index in [0.29, 0.717) is 24.4 Å². The van der Waals surface area contributed by atoms with Gasteiger partial charge in [-0.3, -0.25) is 4.79 Å². The molecule has 0 aliphatic rings. The van der Waals surface area contributed by atoms with Crippen molar-refractivity contribution in [3.63, 3.8) is 0 Å². The SMILES string of the molecule is COC(=O)c1ccc(CN(C)C(=O)CCCl)cc1. The zero-order chi connectivity index (χ0) is 13.5. The Morgan fingerprint density at radius 1 is 1.28 bits per heavy atom. The number of alkyl halides is 1. The summed E-state index contributed by atoms with van der Waals surface area (Å²) in [6.07, 6.45) is 0.332. The van der Waals surface area contributed by atoms with Crippen LogP contribution in [-0.2, 0) is 16.1 Å². The molecule has 0 saturated carbocycles. The summed E-state index contributed by atoms with van der Waals surface area (Å²) in [5, 5.41) is 0. The Morgan fingerprint density at radius 3 is 2.39 bits per heavy atom. The number of nitrogens with zero attached hydrogens (tertiary/aromatic N) is 1. The van der Waals surface area contributed by atoms with Crippen molar-refractivity contribution in [2.45, 2.75) is 13.0 Å². The summed E-state index contributed by atoms with van der Waals surface area (Å²) in [5.41, 5.74) is 1.45. The topological polar surface area (TPSA) is 46.6 Å². The molecule has 18 heavy (non-hydrogen) atoms. The van der Waals surface area contributed by atoms with Crippen LogP contribution in [0.1, 0.15) is 22.3 Å². The Morgan fingerprint density at radius 2 is 1.89 bits per heavy atom. The Hall–Kier alpha value is -1.55. The molecule has 0 unspecified atom stereocenters. The maximum atomic E-state index is 11.5. The van der Waals surface area contributed by atoms with Gasteiger partial charge in [0.2, 0.25) is 5.91 Å². The molecule has 0 aliphatic heterocycles. The Labute approximate surface area is 111 Å². The van der Waals surface area contributed by atoms with E-state index in [1.807, 2.05) is 0 Å². The van der Waals surface area contributed by atoms with Gasteiger partial charge in [0.15, 0.2) is 0 Å². The van der Waals surface area contributed by atoms with Crippen molar-refractivity contribution in [2.24, 2.45) is 0 Å². The highest BCUT2D eigenvalue weighted by Crippen LogP contribution is 2.08. The minimum atomic E-state index is -0.367. The predicted octanol–water partition coefficient (Wildman–Crippen LogP) is 2.06. The van der Waals surface area contributed by atoms with Crippen molar-refractivity contribution in [3.8, 4) is 0 Å². The van der Waals surface area contributed by atoms with Crippen molar-refractivity contribution in [2.75, 3.05) is 20.0 Å². The Balaban J connectivity index is 2.63. The number of hydrogen-bond donors (Lipinski definition) is 0. The fourth-order valence-corrected chi connectivity index (χ4v) is 1.66. The Kier molecular flexibility index (Phi) is 5.65. The second-order valence-corrected chi connectivity index (χ2v) is 4.26. The number of hydrogen-bond acceptors (Lipinski definition) is 3. The highest BCUT2D eigenvalue weighted by atomic mass is 35.5. The lowest BCUT2D eigenvalue weighted by atomic mass is 10.1. The molecule has 1 aromatic rings. The quantitative estimate of drug-likeness (QED) is 0.607. The van der Waals surface area contributed by atoms with Gasteiger partial charge in [-0.1, -0.05) is 12.1 Å². The molecule has 1 aromatic carbocycles. The average Bonchev–Trinajstić information content (AvgIpc) is 2.39. The van der Waals surface area contributed by atoms with Gasteiger partial charge < -0.3 is 9.64 Å². The number of carbonyl (C=O) groups excluding carboxylic acids is 2. The van der Waals surface area contributed by atoms with Gasteiger partial charge in [-0.05, 0) is 17.7 Å². The molecule has 5 heteroatoms. The molecular formula is C13H16ClNO3. The van der Waals surface area contributed by atoms with E-state index in [0.717, 1.165) is 5.56 Å². The Bertz CT molecular complexity index is 417. The third-order valence-corrected chi connectivity index (χ3v) is 2.72. The van der Waals surface area contributed by atoms with Crippen LogP contribution < -0.4 is 0 Å². The third-order valence-electron chi connectivity index (χ3n) is 2.53. The van der Waals surface area contributed by atoms with Crippen LogP contribution in [0.4, 0.5) is 0 Å². The second-order valence-electron chi connectivity index (χ2n) is 3.88. The lowest BCUT2D eigenvalue weighted by Gasteiger charge is -2.16. The van der Waals surface area contributed by atoms with E-state index in [1.54, 1.807) is 36.2 Å². The van der Waals surface area contributed by atoms with Crippen molar-refractivity contribution in [1.29, 1.82) is 0 Å². The van der Waals surface area contributed by atoms with Crippen molar-refractivity contribution >= 4 is 23.5 Å². The molecule has 0 spiro atoms. The van der Waals surface area contributed by atoms with Crippen LogP contribution in [0, 0.1) is 0 Å². The first-order valence-electron chi connectivity index (χ1n) is 5.55. The largest absolute Gasteiger partial charge is 0.465 e. The smallest absolute Gasteiger partial charge is 0.337 e. The molecule has 0 atom stereocenters. The van der Waals surface area contributed by atoms with Gasteiger partial charge in [-0.15, -0.1) is 11.6 Å². The van der Waals surface area contributed by atoms with E-state index in [1.165, 1.54) is 7.11 Å². The highest BCUT2D eigenvalue weighted by Gasteiger charge is 2.09. The van der Waals surface area contributed by atoms with Gasteiger partial charge in [0.05, 0.1) is 12.7 Å². The molecule has 98 valence electrons. The summed E-state index contributed by atoms with van der Waals surface area (Å²) in [5.74, 6) is -0.0417. The number of rotatable bonds is 5.